The fraction of sp³-hybridized carbons (Fsp3) is 0.667. The van der Waals surface area contributed by atoms with Crippen LogP contribution in [0.5, 0.6) is 0 Å². The molecule has 0 spiro atoms. The Morgan fingerprint density at radius 1 is 1.38 bits per heavy atom. The third-order valence-electron chi connectivity index (χ3n) is 0.915. The smallest absolute Gasteiger partial charge is 0.114 e. The van der Waals surface area contributed by atoms with Gasteiger partial charge in [-0.2, -0.15) is 0 Å². The average Bonchev–Trinajstić information content (AvgIpc) is 1.84. The van der Waals surface area contributed by atoms with Crippen LogP contribution >= 0.6 is 11.6 Å². The lowest BCUT2D eigenvalue weighted by Crippen LogP contribution is -1.73. The van der Waals surface area contributed by atoms with Crippen molar-refractivity contribution in [1.82, 2.24) is 0 Å². The first-order valence-corrected chi connectivity index (χ1v) is 3.13. The average molecular weight is 137 g/mol. The molecule has 0 atom stereocenters. The summed E-state index contributed by atoms with van der Waals surface area (Å²) in [6.45, 7) is 3.57. The first-order chi connectivity index (χ1) is 3.72. The second kappa shape index (κ2) is 3.90. The molecule has 0 fully saturated rings. The van der Waals surface area contributed by atoms with Crippen LogP contribution in [0.1, 0.15) is 26.7 Å². The first kappa shape index (κ1) is 7.96. The molecular formula is C6H10ClF. The van der Waals surface area contributed by atoms with Crippen LogP contribution in [-0.2, 0) is 0 Å². The molecule has 0 aromatic carbocycles. The lowest BCUT2D eigenvalue weighted by molar-refractivity contribution is 0.595. The van der Waals surface area contributed by atoms with Crippen molar-refractivity contribution < 1.29 is 4.39 Å². The molecule has 0 amide bonds. The van der Waals surface area contributed by atoms with Gasteiger partial charge in [-0.15, -0.1) is 0 Å². The SMILES string of the molecule is CCC(F)=C(Cl)CC. The van der Waals surface area contributed by atoms with Crippen LogP contribution in [0, 0.1) is 0 Å². The molecule has 0 radical (unpaired) electrons. The van der Waals surface area contributed by atoms with E-state index in [4.69, 9.17) is 11.6 Å². The third kappa shape index (κ3) is 2.31. The van der Waals surface area contributed by atoms with E-state index in [2.05, 4.69) is 0 Å². The molecule has 8 heavy (non-hydrogen) atoms. The zero-order valence-electron chi connectivity index (χ0n) is 5.17. The van der Waals surface area contributed by atoms with Crippen LogP contribution < -0.4 is 0 Å². The van der Waals surface area contributed by atoms with Gasteiger partial charge in [-0.1, -0.05) is 25.4 Å². The van der Waals surface area contributed by atoms with Crippen LogP contribution in [0.15, 0.2) is 10.9 Å². The van der Waals surface area contributed by atoms with E-state index in [0.29, 0.717) is 17.9 Å². The van der Waals surface area contributed by atoms with E-state index in [1.54, 1.807) is 6.92 Å². The molecule has 0 aliphatic rings. The van der Waals surface area contributed by atoms with Crippen molar-refractivity contribution in [2.45, 2.75) is 26.7 Å². The molecule has 48 valence electrons. The van der Waals surface area contributed by atoms with E-state index in [0.717, 1.165) is 0 Å². The number of hydrogen-bond acceptors (Lipinski definition) is 0. The van der Waals surface area contributed by atoms with Gasteiger partial charge >= 0.3 is 0 Å². The number of allylic oxidation sites excluding steroid dienone is 2. The van der Waals surface area contributed by atoms with Crippen LogP contribution in [0.25, 0.3) is 0 Å². The Morgan fingerprint density at radius 3 is 2.00 bits per heavy atom. The van der Waals surface area contributed by atoms with Gasteiger partial charge in [0, 0.05) is 5.03 Å². The van der Waals surface area contributed by atoms with E-state index in [1.165, 1.54) is 0 Å². The zero-order chi connectivity index (χ0) is 6.57. The predicted molar refractivity (Wildman–Crippen MR) is 34.6 cm³/mol. The summed E-state index contributed by atoms with van der Waals surface area (Å²) in [6.07, 6.45) is 1.01. The van der Waals surface area contributed by atoms with E-state index in [-0.39, 0.29) is 5.83 Å². The Hall–Kier alpha value is -0.0400. The zero-order valence-corrected chi connectivity index (χ0v) is 5.93. The van der Waals surface area contributed by atoms with Crippen molar-refractivity contribution in [3.8, 4) is 0 Å². The molecule has 0 saturated carbocycles. The van der Waals surface area contributed by atoms with E-state index in [9.17, 15) is 4.39 Å². The molecule has 0 unspecified atom stereocenters. The van der Waals surface area contributed by atoms with Gasteiger partial charge in [-0.05, 0) is 12.8 Å². The molecule has 0 aliphatic heterocycles. The van der Waals surface area contributed by atoms with Crippen LogP contribution in [0.2, 0.25) is 0 Å². The minimum Gasteiger partial charge on any atom is -0.211 e. The highest BCUT2D eigenvalue weighted by Gasteiger charge is 1.95. The van der Waals surface area contributed by atoms with Crippen molar-refractivity contribution in [2.75, 3.05) is 0 Å². The number of halogens is 2. The Labute approximate surface area is 54.3 Å². The van der Waals surface area contributed by atoms with Gasteiger partial charge in [0.05, 0.1) is 0 Å². The molecule has 0 heterocycles. The highest BCUT2D eigenvalue weighted by molar-refractivity contribution is 6.29. The quantitative estimate of drug-likeness (QED) is 0.547. The Balaban J connectivity index is 3.83. The van der Waals surface area contributed by atoms with Crippen molar-refractivity contribution in [2.24, 2.45) is 0 Å². The molecule has 0 aromatic rings. The molecule has 2 heteroatoms. The maximum Gasteiger partial charge on any atom is 0.114 e. The van der Waals surface area contributed by atoms with Gasteiger partial charge in [0.1, 0.15) is 5.83 Å². The van der Waals surface area contributed by atoms with Gasteiger partial charge in [0.2, 0.25) is 0 Å². The summed E-state index contributed by atoms with van der Waals surface area (Å²) in [5.41, 5.74) is 0. The monoisotopic (exact) mass is 136 g/mol. The highest BCUT2D eigenvalue weighted by atomic mass is 35.5. The fourth-order valence-corrected chi connectivity index (χ4v) is 0.517. The third-order valence-corrected chi connectivity index (χ3v) is 1.39. The summed E-state index contributed by atoms with van der Waals surface area (Å²) in [4.78, 5) is 0. The van der Waals surface area contributed by atoms with Gasteiger partial charge in [0.15, 0.2) is 0 Å². The number of rotatable bonds is 2. The fourth-order valence-electron chi connectivity index (χ4n) is 0.384. The van der Waals surface area contributed by atoms with Crippen molar-refractivity contribution in [1.29, 1.82) is 0 Å². The molecule has 0 rings (SSSR count). The Kier molecular flexibility index (Phi) is 3.88. The molecule has 0 aliphatic carbocycles. The predicted octanol–water partition coefficient (Wildman–Crippen LogP) is 3.23. The molecule has 0 saturated heterocycles. The minimum atomic E-state index is -0.186. The second-order valence-electron chi connectivity index (χ2n) is 1.52. The molecule has 0 N–H and O–H groups in total. The van der Waals surface area contributed by atoms with Gasteiger partial charge < -0.3 is 0 Å². The normalized spacial score (nSPS) is 13.5. The van der Waals surface area contributed by atoms with Crippen LogP contribution in [0.3, 0.4) is 0 Å². The van der Waals surface area contributed by atoms with Crippen LogP contribution in [-0.4, -0.2) is 0 Å². The van der Waals surface area contributed by atoms with Crippen LogP contribution in [0.4, 0.5) is 4.39 Å². The molecule has 0 nitrogen and oxygen atoms in total. The lowest BCUT2D eigenvalue weighted by atomic mass is 10.3. The Bertz CT molecular complexity index is 84.7. The molecule has 0 aromatic heterocycles. The first-order valence-electron chi connectivity index (χ1n) is 2.75. The standard InChI is InChI=1S/C6H10ClF/c1-3-5(7)6(8)4-2/h3-4H2,1-2H3. The summed E-state index contributed by atoms with van der Waals surface area (Å²) in [5, 5.41) is 0.354. The molecule has 0 bridgehead atoms. The minimum absolute atomic E-state index is 0.186. The number of hydrogen-bond donors (Lipinski definition) is 0. The van der Waals surface area contributed by atoms with Crippen molar-refractivity contribution in [3.05, 3.63) is 10.9 Å². The largest absolute Gasteiger partial charge is 0.211 e. The van der Waals surface area contributed by atoms with Gasteiger partial charge in [-0.25, -0.2) is 4.39 Å². The summed E-state index contributed by atoms with van der Waals surface area (Å²) >= 11 is 5.42. The Morgan fingerprint density at radius 2 is 1.88 bits per heavy atom. The maximum atomic E-state index is 12.3. The van der Waals surface area contributed by atoms with Gasteiger partial charge in [-0.3, -0.25) is 0 Å². The van der Waals surface area contributed by atoms with Crippen molar-refractivity contribution >= 4 is 11.6 Å². The summed E-state index contributed by atoms with van der Waals surface area (Å²) in [5.74, 6) is -0.186. The van der Waals surface area contributed by atoms with E-state index >= 15 is 0 Å². The maximum absolute atomic E-state index is 12.3. The summed E-state index contributed by atoms with van der Waals surface area (Å²) in [7, 11) is 0. The molecular weight excluding hydrogens is 127 g/mol. The van der Waals surface area contributed by atoms with Gasteiger partial charge in [0.25, 0.3) is 0 Å². The lowest BCUT2D eigenvalue weighted by Gasteiger charge is -1.92. The van der Waals surface area contributed by atoms with E-state index in [1.807, 2.05) is 6.92 Å². The highest BCUT2D eigenvalue weighted by Crippen LogP contribution is 2.16. The summed E-state index contributed by atoms with van der Waals surface area (Å²) < 4.78 is 12.3. The van der Waals surface area contributed by atoms with Crippen molar-refractivity contribution in [3.63, 3.8) is 0 Å². The van der Waals surface area contributed by atoms with E-state index < -0.39 is 0 Å². The summed E-state index contributed by atoms with van der Waals surface area (Å²) in [6, 6.07) is 0. The second-order valence-corrected chi connectivity index (χ2v) is 1.97. The topological polar surface area (TPSA) is 0 Å².